The van der Waals surface area contributed by atoms with Crippen LogP contribution < -0.4 is 5.32 Å². The number of thiophene rings is 1. The highest BCUT2D eigenvalue weighted by atomic mass is 79.9. The summed E-state index contributed by atoms with van der Waals surface area (Å²) >= 11 is 5.04. The number of allylic oxidation sites excluding steroid dienone is 1. The zero-order chi connectivity index (χ0) is 19.8. The highest BCUT2D eigenvalue weighted by Gasteiger charge is 2.28. The van der Waals surface area contributed by atoms with Gasteiger partial charge in [-0.05, 0) is 59.0 Å². The van der Waals surface area contributed by atoms with Crippen molar-refractivity contribution in [1.29, 1.82) is 0 Å². The van der Waals surface area contributed by atoms with Crippen LogP contribution in [0.2, 0.25) is 0 Å². The molecular formula is C21H24BrNO4S. The van der Waals surface area contributed by atoms with E-state index in [1.54, 1.807) is 11.3 Å². The number of nitrogens with one attached hydrogen (secondary N) is 1. The second-order valence-electron chi connectivity index (χ2n) is 6.59. The van der Waals surface area contributed by atoms with Crippen molar-refractivity contribution in [3.63, 3.8) is 0 Å². The van der Waals surface area contributed by atoms with E-state index in [-0.39, 0.29) is 18.4 Å². The van der Waals surface area contributed by atoms with Crippen LogP contribution in [0.4, 0.5) is 0 Å². The fourth-order valence-electron chi connectivity index (χ4n) is 2.94. The molecule has 1 amide bonds. The molecule has 2 heterocycles. The Hall–Kier alpha value is -1.67. The number of amides is 1. The van der Waals surface area contributed by atoms with Crippen molar-refractivity contribution >= 4 is 33.2 Å². The van der Waals surface area contributed by atoms with Crippen molar-refractivity contribution in [3.05, 3.63) is 68.5 Å². The van der Waals surface area contributed by atoms with Crippen LogP contribution in [0.1, 0.15) is 36.3 Å². The minimum atomic E-state index is -0.470. The van der Waals surface area contributed by atoms with Gasteiger partial charge in [0.1, 0.15) is 0 Å². The summed E-state index contributed by atoms with van der Waals surface area (Å²) in [5.41, 5.74) is 2.18. The molecule has 0 bridgehead atoms. The normalized spacial score (nSPS) is 19.0. The molecule has 0 aliphatic carbocycles. The molecule has 0 unspecified atom stereocenters. The molecule has 7 heteroatoms. The Kier molecular flexibility index (Phi) is 8.09. The summed E-state index contributed by atoms with van der Waals surface area (Å²) in [6, 6.07) is 9.88. The van der Waals surface area contributed by atoms with Gasteiger partial charge in [-0.1, -0.05) is 28.1 Å². The number of hydrogen-bond acceptors (Lipinski definition) is 5. The highest BCUT2D eigenvalue weighted by molar-refractivity contribution is 9.10. The van der Waals surface area contributed by atoms with Crippen LogP contribution in [0.25, 0.3) is 0 Å². The minimum absolute atomic E-state index is 0.0799. The Bertz CT molecular complexity index is 776. The number of rotatable bonds is 9. The van der Waals surface area contributed by atoms with Gasteiger partial charge in [0.25, 0.3) is 5.91 Å². The zero-order valence-corrected chi connectivity index (χ0v) is 17.9. The lowest BCUT2D eigenvalue weighted by molar-refractivity contribution is -0.146. The van der Waals surface area contributed by atoms with Crippen LogP contribution in [0, 0.1) is 0 Å². The largest absolute Gasteiger partial charge is 0.459 e. The molecular weight excluding hydrogens is 442 g/mol. The summed E-state index contributed by atoms with van der Waals surface area (Å²) in [6.07, 6.45) is 3.53. The maximum Gasteiger partial charge on any atom is 0.286 e. The first-order chi connectivity index (χ1) is 13.7. The molecule has 0 saturated heterocycles. The maximum atomic E-state index is 12.7. The summed E-state index contributed by atoms with van der Waals surface area (Å²) in [5, 5.41) is 15.9. The van der Waals surface area contributed by atoms with Crippen molar-refractivity contribution in [2.75, 3.05) is 13.2 Å². The number of hydrogen-bond donors (Lipinski definition) is 2. The third-order valence-corrected chi connectivity index (χ3v) is 5.71. The number of aliphatic hydroxyl groups is 1. The fourth-order valence-corrected chi connectivity index (χ4v) is 3.93. The van der Waals surface area contributed by atoms with Gasteiger partial charge in [0, 0.05) is 30.0 Å². The topological polar surface area (TPSA) is 67.8 Å². The minimum Gasteiger partial charge on any atom is -0.459 e. The monoisotopic (exact) mass is 465 g/mol. The number of benzene rings is 1. The SMILES string of the molecule is O=C(NCc1ccc(Br)cc1)C1=C[C@@H](c2ccsc2)C[C@@H](OCCCCO)O1. The smallest absolute Gasteiger partial charge is 0.286 e. The lowest BCUT2D eigenvalue weighted by Gasteiger charge is -2.29. The van der Waals surface area contributed by atoms with E-state index >= 15 is 0 Å². The molecule has 1 aromatic carbocycles. The van der Waals surface area contributed by atoms with E-state index < -0.39 is 6.29 Å². The molecule has 0 fully saturated rings. The molecule has 150 valence electrons. The van der Waals surface area contributed by atoms with E-state index in [0.717, 1.165) is 22.0 Å². The van der Waals surface area contributed by atoms with Crippen molar-refractivity contribution in [3.8, 4) is 0 Å². The Morgan fingerprint density at radius 3 is 2.82 bits per heavy atom. The van der Waals surface area contributed by atoms with Crippen LogP contribution >= 0.6 is 27.3 Å². The second-order valence-corrected chi connectivity index (χ2v) is 8.28. The number of aliphatic hydroxyl groups excluding tert-OH is 1. The molecule has 1 aromatic heterocycles. The van der Waals surface area contributed by atoms with E-state index in [4.69, 9.17) is 14.6 Å². The lowest BCUT2D eigenvalue weighted by Crippen LogP contribution is -2.32. The maximum absolute atomic E-state index is 12.7. The van der Waals surface area contributed by atoms with Crippen LogP contribution in [0.15, 0.2) is 57.4 Å². The fraction of sp³-hybridized carbons (Fsp3) is 0.381. The third-order valence-electron chi connectivity index (χ3n) is 4.48. The van der Waals surface area contributed by atoms with Gasteiger partial charge >= 0.3 is 0 Å². The standard InChI is InChI=1S/C21H24BrNO4S/c22-18-5-3-15(4-6-18)13-23-21(25)19-11-17(16-7-10-28-14-16)12-20(27-19)26-9-2-1-8-24/h3-7,10-11,14,17,20,24H,1-2,8-9,12-13H2,(H,23,25)/t17-,20+/m1/s1. The van der Waals surface area contributed by atoms with Crippen molar-refractivity contribution in [2.45, 2.75) is 38.0 Å². The van der Waals surface area contributed by atoms with Gasteiger partial charge in [-0.3, -0.25) is 4.79 Å². The molecule has 5 nitrogen and oxygen atoms in total. The number of halogens is 1. The number of ether oxygens (including phenoxy) is 2. The summed E-state index contributed by atoms with van der Waals surface area (Å²) in [6.45, 7) is 1.07. The van der Waals surface area contributed by atoms with Gasteiger partial charge in [-0.2, -0.15) is 11.3 Å². The van der Waals surface area contributed by atoms with Crippen LogP contribution in [-0.2, 0) is 20.8 Å². The Balaban J connectivity index is 1.63. The average Bonchev–Trinajstić information content (AvgIpc) is 3.25. The van der Waals surface area contributed by atoms with Gasteiger partial charge in [0.15, 0.2) is 5.76 Å². The van der Waals surface area contributed by atoms with Crippen LogP contribution in [-0.4, -0.2) is 30.5 Å². The van der Waals surface area contributed by atoms with Gasteiger partial charge in [0.2, 0.25) is 6.29 Å². The summed E-state index contributed by atoms with van der Waals surface area (Å²) in [5.74, 6) is 0.134. The Labute approximate surface area is 177 Å². The summed E-state index contributed by atoms with van der Waals surface area (Å²) < 4.78 is 12.6. The molecule has 2 atom stereocenters. The van der Waals surface area contributed by atoms with E-state index in [1.165, 1.54) is 0 Å². The highest BCUT2D eigenvalue weighted by Crippen LogP contribution is 2.32. The molecule has 2 N–H and O–H groups in total. The molecule has 1 aliphatic heterocycles. The van der Waals surface area contributed by atoms with Crippen molar-refractivity contribution in [1.82, 2.24) is 5.32 Å². The molecule has 28 heavy (non-hydrogen) atoms. The van der Waals surface area contributed by atoms with Gasteiger partial charge in [0.05, 0.1) is 6.61 Å². The van der Waals surface area contributed by atoms with Crippen LogP contribution in [0.3, 0.4) is 0 Å². The molecule has 0 saturated carbocycles. The number of carbonyl (C=O) groups excluding carboxylic acids is 1. The Morgan fingerprint density at radius 1 is 1.29 bits per heavy atom. The molecule has 1 aliphatic rings. The first-order valence-corrected chi connectivity index (χ1v) is 11.0. The molecule has 0 spiro atoms. The second kappa shape index (κ2) is 10.8. The third kappa shape index (κ3) is 6.17. The van der Waals surface area contributed by atoms with E-state index in [0.29, 0.717) is 31.8 Å². The average molecular weight is 466 g/mol. The molecule has 0 radical (unpaired) electrons. The molecule has 2 aromatic rings. The Morgan fingerprint density at radius 2 is 2.11 bits per heavy atom. The van der Waals surface area contributed by atoms with E-state index in [2.05, 4.69) is 32.7 Å². The number of unbranched alkanes of at least 4 members (excludes halogenated alkanes) is 1. The quantitative estimate of drug-likeness (QED) is 0.540. The summed E-state index contributed by atoms with van der Waals surface area (Å²) in [7, 11) is 0. The predicted molar refractivity (Wildman–Crippen MR) is 113 cm³/mol. The van der Waals surface area contributed by atoms with Gasteiger partial charge in [-0.15, -0.1) is 0 Å². The van der Waals surface area contributed by atoms with Gasteiger partial charge in [-0.25, -0.2) is 0 Å². The first kappa shape index (κ1) is 21.0. The van der Waals surface area contributed by atoms with E-state index in [1.807, 2.05) is 35.7 Å². The first-order valence-electron chi connectivity index (χ1n) is 9.31. The lowest BCUT2D eigenvalue weighted by atomic mass is 9.95. The zero-order valence-electron chi connectivity index (χ0n) is 15.5. The number of carbonyl (C=O) groups is 1. The van der Waals surface area contributed by atoms with Gasteiger partial charge < -0.3 is 19.9 Å². The van der Waals surface area contributed by atoms with Crippen molar-refractivity contribution in [2.24, 2.45) is 0 Å². The van der Waals surface area contributed by atoms with Crippen LogP contribution in [0.5, 0.6) is 0 Å². The molecule has 3 rings (SSSR count). The van der Waals surface area contributed by atoms with E-state index in [9.17, 15) is 4.79 Å². The summed E-state index contributed by atoms with van der Waals surface area (Å²) in [4.78, 5) is 12.7. The van der Waals surface area contributed by atoms with Crippen molar-refractivity contribution < 1.29 is 19.4 Å². The predicted octanol–water partition coefficient (Wildman–Crippen LogP) is 4.33.